The monoisotopic (exact) mass is 468 g/mol. The van der Waals surface area contributed by atoms with Crippen LogP contribution in [-0.2, 0) is 9.59 Å². The van der Waals surface area contributed by atoms with Crippen molar-refractivity contribution in [2.45, 2.75) is 20.8 Å². The van der Waals surface area contributed by atoms with Crippen LogP contribution in [0.2, 0.25) is 0 Å². The van der Waals surface area contributed by atoms with Crippen LogP contribution in [0.25, 0.3) is 22.3 Å². The molecule has 0 fully saturated rings. The predicted molar refractivity (Wildman–Crippen MR) is 139 cm³/mol. The molecule has 3 rings (SSSR count). The highest BCUT2D eigenvalue weighted by molar-refractivity contribution is 5.89. The maximum Gasteiger partial charge on any atom is 0.338 e. The Balaban J connectivity index is 1.82. The van der Waals surface area contributed by atoms with E-state index in [-0.39, 0.29) is 0 Å². The van der Waals surface area contributed by atoms with Crippen molar-refractivity contribution in [3.63, 3.8) is 0 Å². The molecule has 3 aromatic rings. The lowest BCUT2D eigenvalue weighted by Crippen LogP contribution is -2.10. The van der Waals surface area contributed by atoms with E-state index in [1.54, 1.807) is 32.0 Å². The summed E-state index contributed by atoms with van der Waals surface area (Å²) >= 11 is 0. The maximum atomic E-state index is 12.0. The molecule has 5 nitrogen and oxygen atoms in total. The van der Waals surface area contributed by atoms with Crippen LogP contribution < -0.4 is 14.2 Å². The van der Waals surface area contributed by atoms with Crippen LogP contribution in [0.4, 0.5) is 0 Å². The van der Waals surface area contributed by atoms with Crippen LogP contribution in [0.3, 0.4) is 0 Å². The minimum atomic E-state index is -0.511. The third kappa shape index (κ3) is 6.81. The van der Waals surface area contributed by atoms with Gasteiger partial charge in [-0.25, -0.2) is 9.59 Å². The first-order valence-electron chi connectivity index (χ1n) is 11.0. The Morgan fingerprint density at radius 3 is 1.60 bits per heavy atom. The second kappa shape index (κ2) is 11.2. The van der Waals surface area contributed by atoms with E-state index in [2.05, 4.69) is 19.7 Å². The summed E-state index contributed by atoms with van der Waals surface area (Å²) in [4.78, 5) is 23.7. The van der Waals surface area contributed by atoms with Crippen LogP contribution in [0.5, 0.6) is 17.2 Å². The summed E-state index contributed by atoms with van der Waals surface area (Å²) in [7, 11) is 0. The van der Waals surface area contributed by atoms with Crippen LogP contribution in [-0.4, -0.2) is 18.5 Å². The fourth-order valence-electron chi connectivity index (χ4n) is 3.04. The quantitative estimate of drug-likeness (QED) is 0.147. The van der Waals surface area contributed by atoms with E-state index in [0.717, 1.165) is 27.8 Å². The van der Waals surface area contributed by atoms with Crippen molar-refractivity contribution < 1.29 is 23.8 Å². The van der Waals surface area contributed by atoms with Gasteiger partial charge in [0.1, 0.15) is 12.4 Å². The van der Waals surface area contributed by atoms with Crippen molar-refractivity contribution in [1.29, 1.82) is 0 Å². The van der Waals surface area contributed by atoms with Crippen molar-refractivity contribution in [2.24, 2.45) is 0 Å². The minimum absolute atomic E-state index is 0.303. The summed E-state index contributed by atoms with van der Waals surface area (Å²) in [5, 5.41) is 0. The van der Waals surface area contributed by atoms with Crippen LogP contribution in [0.15, 0.2) is 103 Å². The zero-order chi connectivity index (χ0) is 25.5. The Kier molecular flexibility index (Phi) is 8.05. The molecular formula is C30H28O5. The topological polar surface area (TPSA) is 61.8 Å². The lowest BCUT2D eigenvalue weighted by atomic mass is 10.00. The summed E-state index contributed by atoms with van der Waals surface area (Å²) in [5.41, 5.74) is 5.37. The van der Waals surface area contributed by atoms with Gasteiger partial charge in [0, 0.05) is 11.1 Å². The van der Waals surface area contributed by atoms with Gasteiger partial charge in [-0.2, -0.15) is 0 Å². The molecule has 0 radical (unpaired) electrons. The van der Waals surface area contributed by atoms with E-state index in [9.17, 15) is 9.59 Å². The molecule has 0 aromatic heterocycles. The van der Waals surface area contributed by atoms with Gasteiger partial charge in [0.25, 0.3) is 0 Å². The van der Waals surface area contributed by atoms with Gasteiger partial charge in [-0.3, -0.25) is 0 Å². The van der Waals surface area contributed by atoms with E-state index in [1.807, 2.05) is 55.5 Å². The zero-order valence-corrected chi connectivity index (χ0v) is 20.2. The average Bonchev–Trinajstić information content (AvgIpc) is 2.83. The van der Waals surface area contributed by atoms with E-state index >= 15 is 0 Å². The zero-order valence-electron chi connectivity index (χ0n) is 20.2. The van der Waals surface area contributed by atoms with Crippen molar-refractivity contribution in [3.05, 3.63) is 103 Å². The number of rotatable bonds is 9. The molecule has 0 amide bonds. The predicted octanol–water partition coefficient (Wildman–Crippen LogP) is 6.94. The Hall–Kier alpha value is -4.38. The van der Waals surface area contributed by atoms with Gasteiger partial charge in [-0.1, -0.05) is 62.2 Å². The highest BCUT2D eigenvalue weighted by Gasteiger charge is 2.13. The van der Waals surface area contributed by atoms with Crippen molar-refractivity contribution in [1.82, 2.24) is 0 Å². The first-order chi connectivity index (χ1) is 16.6. The van der Waals surface area contributed by atoms with Gasteiger partial charge < -0.3 is 14.2 Å². The molecule has 0 aliphatic carbocycles. The van der Waals surface area contributed by atoms with Crippen LogP contribution >= 0.6 is 0 Å². The van der Waals surface area contributed by atoms with Gasteiger partial charge in [-0.15, -0.1) is 0 Å². The van der Waals surface area contributed by atoms with Gasteiger partial charge in [0.05, 0.1) is 0 Å². The summed E-state index contributed by atoms with van der Waals surface area (Å²) in [6, 6.07) is 20.7. The second-order valence-corrected chi connectivity index (χ2v) is 8.35. The van der Waals surface area contributed by atoms with Crippen LogP contribution in [0, 0.1) is 0 Å². The van der Waals surface area contributed by atoms with Gasteiger partial charge in [0.2, 0.25) is 0 Å². The molecule has 5 heteroatoms. The number of carbonyl (C=O) groups excluding carboxylic acids is 2. The fraction of sp³-hybridized carbons (Fsp3) is 0.133. The molecule has 178 valence electrons. The third-order valence-corrected chi connectivity index (χ3v) is 4.93. The number of ether oxygens (including phenoxy) is 3. The molecular weight excluding hydrogens is 440 g/mol. The molecule has 0 saturated heterocycles. The Morgan fingerprint density at radius 2 is 1.09 bits per heavy atom. The molecule has 0 aliphatic rings. The second-order valence-electron chi connectivity index (χ2n) is 8.35. The standard InChI is InChI=1S/C30H28O5/c1-19(2)18-33-28-17-25(13-16-27(28)35-30(32)21(5)6)24-9-7-22(8-10-24)23-11-14-26(15-12-23)34-29(31)20(3)4/h7-17H,1,3,5,18H2,2,4,6H3. The SMILES string of the molecule is C=C(C)COc1cc(-c2ccc(-c3ccc(OC(=O)C(=C)C)cc3)cc2)ccc1OC(=O)C(=C)C. The van der Waals surface area contributed by atoms with E-state index in [0.29, 0.717) is 35.0 Å². The smallest absolute Gasteiger partial charge is 0.338 e. The van der Waals surface area contributed by atoms with Crippen LogP contribution in [0.1, 0.15) is 20.8 Å². The lowest BCUT2D eigenvalue weighted by molar-refractivity contribution is -0.131. The van der Waals surface area contributed by atoms with Crippen molar-refractivity contribution in [2.75, 3.05) is 6.61 Å². The Labute approximate surface area is 206 Å². The van der Waals surface area contributed by atoms with E-state index < -0.39 is 11.9 Å². The summed E-state index contributed by atoms with van der Waals surface area (Å²) in [6.07, 6.45) is 0. The average molecular weight is 469 g/mol. The Morgan fingerprint density at radius 1 is 0.629 bits per heavy atom. The molecule has 0 atom stereocenters. The Bertz CT molecular complexity index is 1280. The number of esters is 2. The number of benzene rings is 3. The summed E-state index contributed by atoms with van der Waals surface area (Å²) < 4.78 is 16.5. The van der Waals surface area contributed by atoms with Gasteiger partial charge >= 0.3 is 11.9 Å². The maximum absolute atomic E-state index is 12.0. The summed E-state index contributed by atoms with van der Waals surface area (Å²) in [5.74, 6) is 0.279. The number of hydrogen-bond acceptors (Lipinski definition) is 5. The third-order valence-electron chi connectivity index (χ3n) is 4.93. The molecule has 35 heavy (non-hydrogen) atoms. The number of hydrogen-bond donors (Lipinski definition) is 0. The molecule has 0 unspecified atom stereocenters. The molecule has 0 aliphatic heterocycles. The van der Waals surface area contributed by atoms with E-state index in [1.165, 1.54) is 0 Å². The molecule has 0 spiro atoms. The molecule has 0 heterocycles. The largest absolute Gasteiger partial charge is 0.485 e. The first-order valence-corrected chi connectivity index (χ1v) is 11.0. The molecule has 0 bridgehead atoms. The fourth-order valence-corrected chi connectivity index (χ4v) is 3.04. The number of carbonyl (C=O) groups is 2. The first kappa shape index (κ1) is 25.2. The van der Waals surface area contributed by atoms with Crippen molar-refractivity contribution >= 4 is 11.9 Å². The van der Waals surface area contributed by atoms with E-state index in [4.69, 9.17) is 14.2 Å². The summed E-state index contributed by atoms with van der Waals surface area (Å²) in [6.45, 7) is 16.4. The lowest BCUT2D eigenvalue weighted by Gasteiger charge is -2.14. The molecule has 0 N–H and O–H groups in total. The highest BCUT2D eigenvalue weighted by atomic mass is 16.6. The molecule has 3 aromatic carbocycles. The highest BCUT2D eigenvalue weighted by Crippen LogP contribution is 2.34. The van der Waals surface area contributed by atoms with Crippen molar-refractivity contribution in [3.8, 4) is 39.5 Å². The van der Waals surface area contributed by atoms with Gasteiger partial charge in [-0.05, 0) is 72.9 Å². The normalized spacial score (nSPS) is 10.3. The minimum Gasteiger partial charge on any atom is -0.485 e. The van der Waals surface area contributed by atoms with Gasteiger partial charge in [0.15, 0.2) is 11.5 Å². The molecule has 0 saturated carbocycles.